The van der Waals surface area contributed by atoms with Crippen molar-refractivity contribution < 1.29 is 0 Å². The Hall–Kier alpha value is -2.91. The average molecular weight is 347 g/mol. The number of aromatic nitrogens is 2. The Morgan fingerprint density at radius 1 is 0.880 bits per heavy atom. The number of nitrogens with zero attached hydrogens (tertiary/aromatic N) is 2. The fourth-order valence-electron chi connectivity index (χ4n) is 2.91. The lowest BCUT2D eigenvalue weighted by Crippen LogP contribution is -2.24. The number of benzene rings is 3. The van der Waals surface area contributed by atoms with Crippen LogP contribution in [0.1, 0.15) is 5.56 Å². The van der Waals surface area contributed by atoms with Crippen LogP contribution in [0.5, 0.6) is 0 Å². The summed E-state index contributed by atoms with van der Waals surface area (Å²) < 4.78 is 1.72. The Balaban J connectivity index is 1.99. The van der Waals surface area contributed by atoms with E-state index in [4.69, 9.17) is 16.6 Å². The Kier molecular flexibility index (Phi) is 4.08. The van der Waals surface area contributed by atoms with E-state index in [-0.39, 0.29) is 5.56 Å². The third-order valence-electron chi connectivity index (χ3n) is 4.13. The highest BCUT2D eigenvalue weighted by atomic mass is 35.5. The molecule has 0 saturated carbocycles. The van der Waals surface area contributed by atoms with E-state index < -0.39 is 0 Å². The van der Waals surface area contributed by atoms with Crippen molar-refractivity contribution in [2.45, 2.75) is 6.54 Å². The van der Waals surface area contributed by atoms with E-state index in [2.05, 4.69) is 0 Å². The van der Waals surface area contributed by atoms with Gasteiger partial charge in [0.25, 0.3) is 5.56 Å². The number of rotatable bonds is 3. The van der Waals surface area contributed by atoms with Gasteiger partial charge in [-0.3, -0.25) is 9.36 Å². The molecule has 0 spiro atoms. The molecule has 25 heavy (non-hydrogen) atoms. The minimum Gasteiger partial charge on any atom is -0.288 e. The summed E-state index contributed by atoms with van der Waals surface area (Å²) in [5, 5.41) is 1.14. The van der Waals surface area contributed by atoms with Gasteiger partial charge in [0.1, 0.15) is 5.82 Å². The normalized spacial score (nSPS) is 10.9. The topological polar surface area (TPSA) is 34.9 Å². The van der Waals surface area contributed by atoms with Gasteiger partial charge in [-0.25, -0.2) is 4.98 Å². The van der Waals surface area contributed by atoms with Gasteiger partial charge in [0, 0.05) is 10.6 Å². The van der Waals surface area contributed by atoms with Crippen molar-refractivity contribution in [1.82, 2.24) is 9.55 Å². The molecule has 0 aliphatic rings. The van der Waals surface area contributed by atoms with Crippen LogP contribution in [-0.4, -0.2) is 9.55 Å². The van der Waals surface area contributed by atoms with Crippen molar-refractivity contribution in [2.24, 2.45) is 0 Å². The van der Waals surface area contributed by atoms with Gasteiger partial charge in [-0.05, 0) is 23.8 Å². The maximum absolute atomic E-state index is 13.1. The van der Waals surface area contributed by atoms with E-state index in [0.29, 0.717) is 28.3 Å². The van der Waals surface area contributed by atoms with Crippen LogP contribution in [0.4, 0.5) is 0 Å². The number of fused-ring (bicyclic) bond motifs is 1. The second-order valence-corrected chi connectivity index (χ2v) is 6.28. The molecule has 1 aromatic heterocycles. The maximum Gasteiger partial charge on any atom is 0.261 e. The SMILES string of the molecule is O=c1c2ccc(Cl)cc2nc(-c2ccccc2)n1Cc1ccccc1. The van der Waals surface area contributed by atoms with Gasteiger partial charge in [0.2, 0.25) is 0 Å². The quantitative estimate of drug-likeness (QED) is 0.536. The van der Waals surface area contributed by atoms with Crippen LogP contribution in [0.15, 0.2) is 83.7 Å². The van der Waals surface area contributed by atoms with E-state index >= 15 is 0 Å². The van der Waals surface area contributed by atoms with Crippen molar-refractivity contribution in [3.8, 4) is 11.4 Å². The standard InChI is InChI=1S/C21H15ClN2O/c22-17-11-12-18-19(13-17)23-20(16-9-5-2-6-10-16)24(21(18)25)14-15-7-3-1-4-8-15/h1-13H,14H2. The van der Waals surface area contributed by atoms with Crippen molar-refractivity contribution in [1.29, 1.82) is 0 Å². The molecule has 0 atom stereocenters. The monoisotopic (exact) mass is 346 g/mol. The molecule has 0 radical (unpaired) electrons. The van der Waals surface area contributed by atoms with Crippen LogP contribution in [0.3, 0.4) is 0 Å². The third-order valence-corrected chi connectivity index (χ3v) is 4.37. The largest absolute Gasteiger partial charge is 0.288 e. The molecular formula is C21H15ClN2O. The highest BCUT2D eigenvalue weighted by Crippen LogP contribution is 2.21. The van der Waals surface area contributed by atoms with E-state index in [0.717, 1.165) is 11.1 Å². The van der Waals surface area contributed by atoms with E-state index in [1.165, 1.54) is 0 Å². The summed E-state index contributed by atoms with van der Waals surface area (Å²) in [5.41, 5.74) is 2.50. The van der Waals surface area contributed by atoms with Crippen LogP contribution >= 0.6 is 11.6 Å². The molecule has 122 valence electrons. The minimum absolute atomic E-state index is 0.0654. The van der Waals surface area contributed by atoms with Crippen molar-refractivity contribution in [2.75, 3.05) is 0 Å². The van der Waals surface area contributed by atoms with Gasteiger partial charge in [-0.1, -0.05) is 72.3 Å². The smallest absolute Gasteiger partial charge is 0.261 e. The molecular weight excluding hydrogens is 332 g/mol. The molecule has 0 amide bonds. The van der Waals surface area contributed by atoms with Crippen LogP contribution in [0, 0.1) is 0 Å². The first-order chi connectivity index (χ1) is 12.2. The molecule has 0 aliphatic carbocycles. The van der Waals surface area contributed by atoms with Crippen molar-refractivity contribution in [3.05, 3.63) is 99.8 Å². The molecule has 0 bridgehead atoms. The van der Waals surface area contributed by atoms with Gasteiger partial charge in [-0.15, -0.1) is 0 Å². The summed E-state index contributed by atoms with van der Waals surface area (Å²) in [6.07, 6.45) is 0. The molecule has 4 aromatic rings. The Morgan fingerprint density at radius 2 is 1.56 bits per heavy atom. The maximum atomic E-state index is 13.1. The highest BCUT2D eigenvalue weighted by molar-refractivity contribution is 6.31. The molecule has 3 nitrogen and oxygen atoms in total. The first-order valence-corrected chi connectivity index (χ1v) is 8.39. The fourth-order valence-corrected chi connectivity index (χ4v) is 3.08. The first kappa shape index (κ1) is 15.6. The highest BCUT2D eigenvalue weighted by Gasteiger charge is 2.13. The lowest BCUT2D eigenvalue weighted by Gasteiger charge is -2.14. The first-order valence-electron chi connectivity index (χ1n) is 8.02. The molecule has 0 fully saturated rings. The number of hydrogen-bond donors (Lipinski definition) is 0. The Morgan fingerprint density at radius 3 is 2.28 bits per heavy atom. The van der Waals surface area contributed by atoms with Crippen LogP contribution < -0.4 is 5.56 Å². The zero-order valence-electron chi connectivity index (χ0n) is 13.4. The molecule has 0 unspecified atom stereocenters. The number of hydrogen-bond acceptors (Lipinski definition) is 2. The summed E-state index contributed by atoms with van der Waals surface area (Å²) in [7, 11) is 0. The lowest BCUT2D eigenvalue weighted by molar-refractivity contribution is 0.759. The second kappa shape index (κ2) is 6.54. The zero-order chi connectivity index (χ0) is 17.2. The van der Waals surface area contributed by atoms with Gasteiger partial charge in [0.15, 0.2) is 0 Å². The molecule has 4 heteroatoms. The van der Waals surface area contributed by atoms with Gasteiger partial charge in [-0.2, -0.15) is 0 Å². The molecule has 0 N–H and O–H groups in total. The fraction of sp³-hybridized carbons (Fsp3) is 0.0476. The van der Waals surface area contributed by atoms with Crippen LogP contribution in [0.25, 0.3) is 22.3 Å². The third kappa shape index (κ3) is 3.06. The molecule has 1 heterocycles. The number of halogens is 1. The lowest BCUT2D eigenvalue weighted by atomic mass is 10.1. The average Bonchev–Trinajstić information content (AvgIpc) is 2.65. The van der Waals surface area contributed by atoms with Crippen molar-refractivity contribution in [3.63, 3.8) is 0 Å². The van der Waals surface area contributed by atoms with Crippen molar-refractivity contribution >= 4 is 22.5 Å². The van der Waals surface area contributed by atoms with Crippen LogP contribution in [-0.2, 0) is 6.54 Å². The predicted octanol–water partition coefficient (Wildman–Crippen LogP) is 4.77. The van der Waals surface area contributed by atoms with Gasteiger partial charge < -0.3 is 0 Å². The summed E-state index contributed by atoms with van der Waals surface area (Å²) in [6, 6.07) is 24.9. The second-order valence-electron chi connectivity index (χ2n) is 5.84. The predicted molar refractivity (Wildman–Crippen MR) is 102 cm³/mol. The van der Waals surface area contributed by atoms with Gasteiger partial charge >= 0.3 is 0 Å². The molecule has 4 rings (SSSR count). The van der Waals surface area contributed by atoms with Crippen LogP contribution in [0.2, 0.25) is 5.02 Å². The summed E-state index contributed by atoms with van der Waals surface area (Å²) in [5.74, 6) is 0.643. The summed E-state index contributed by atoms with van der Waals surface area (Å²) in [4.78, 5) is 17.9. The van der Waals surface area contributed by atoms with E-state index in [9.17, 15) is 4.79 Å². The zero-order valence-corrected chi connectivity index (χ0v) is 14.1. The Bertz CT molecular complexity index is 1090. The van der Waals surface area contributed by atoms with E-state index in [1.54, 1.807) is 22.8 Å². The molecule has 0 aliphatic heterocycles. The van der Waals surface area contributed by atoms with E-state index in [1.807, 2.05) is 60.7 Å². The summed E-state index contributed by atoms with van der Waals surface area (Å²) in [6.45, 7) is 0.468. The minimum atomic E-state index is -0.0654. The Labute approximate surface area is 150 Å². The summed E-state index contributed by atoms with van der Waals surface area (Å²) >= 11 is 6.09. The molecule has 3 aromatic carbocycles. The van der Waals surface area contributed by atoms with Gasteiger partial charge in [0.05, 0.1) is 17.4 Å². The molecule has 0 saturated heterocycles.